The zero-order valence-corrected chi connectivity index (χ0v) is 9.59. The fourth-order valence-electron chi connectivity index (χ4n) is 1.78. The smallest absolute Gasteiger partial charge is 0.406 e. The van der Waals surface area contributed by atoms with Gasteiger partial charge in [0.15, 0.2) is 0 Å². The van der Waals surface area contributed by atoms with Crippen LogP contribution in [0.3, 0.4) is 0 Å². The maximum Gasteiger partial charge on any atom is 0.406 e. The molecular weight excluding hydrogens is 237 g/mol. The Hall–Kier alpha value is -2.43. The third-order valence-corrected chi connectivity index (χ3v) is 2.65. The summed E-state index contributed by atoms with van der Waals surface area (Å²) in [5.74, 6) is -1.62. The maximum absolute atomic E-state index is 13.0. The zero-order valence-electron chi connectivity index (χ0n) is 9.59. The molecule has 1 aromatic carbocycles. The molecule has 2 N–H and O–H groups in total. The molecular formula is C13H11FNO3+. The Labute approximate surface area is 103 Å². The van der Waals surface area contributed by atoms with Crippen molar-refractivity contribution in [2.24, 2.45) is 0 Å². The first-order chi connectivity index (χ1) is 8.50. The Bertz CT molecular complexity index is 626. The Morgan fingerprint density at radius 1 is 1.28 bits per heavy atom. The first-order valence-electron chi connectivity index (χ1n) is 5.25. The van der Waals surface area contributed by atoms with Crippen LogP contribution in [0.1, 0.15) is 16.1 Å². The largest absolute Gasteiger partial charge is 0.473 e. The summed E-state index contributed by atoms with van der Waals surface area (Å²) in [4.78, 5) is 10.9. The van der Waals surface area contributed by atoms with E-state index < -0.39 is 5.97 Å². The van der Waals surface area contributed by atoms with Gasteiger partial charge in [0.2, 0.25) is 0 Å². The summed E-state index contributed by atoms with van der Waals surface area (Å²) in [6.45, 7) is 1.69. The van der Waals surface area contributed by atoms with Crippen molar-refractivity contribution in [3.63, 3.8) is 0 Å². The lowest BCUT2D eigenvalue weighted by Crippen LogP contribution is -2.40. The van der Waals surface area contributed by atoms with Crippen LogP contribution in [0.5, 0.6) is 0 Å². The van der Waals surface area contributed by atoms with Crippen LogP contribution in [-0.4, -0.2) is 16.3 Å². The Morgan fingerprint density at radius 3 is 2.61 bits per heavy atom. The van der Waals surface area contributed by atoms with Crippen molar-refractivity contribution >= 4 is 5.97 Å². The number of pyridine rings is 1. The van der Waals surface area contributed by atoms with Crippen LogP contribution in [0, 0.1) is 12.7 Å². The first-order valence-corrected chi connectivity index (χ1v) is 5.25. The van der Waals surface area contributed by atoms with E-state index in [2.05, 4.69) is 0 Å². The number of hydrogen-bond donors (Lipinski definition) is 2. The highest BCUT2D eigenvalue weighted by Crippen LogP contribution is 2.21. The molecule has 0 amide bonds. The second-order valence-electron chi connectivity index (χ2n) is 3.87. The number of rotatable bonds is 2. The molecule has 18 heavy (non-hydrogen) atoms. The van der Waals surface area contributed by atoms with Crippen molar-refractivity contribution in [2.45, 2.75) is 6.92 Å². The van der Waals surface area contributed by atoms with Gasteiger partial charge in [-0.2, -0.15) is 0 Å². The lowest BCUT2D eigenvalue weighted by molar-refractivity contribution is -0.897. The maximum atomic E-state index is 13.0. The van der Waals surface area contributed by atoms with Gasteiger partial charge in [0.1, 0.15) is 5.82 Å². The second kappa shape index (κ2) is 4.44. The van der Waals surface area contributed by atoms with E-state index in [4.69, 9.17) is 5.11 Å². The van der Waals surface area contributed by atoms with Gasteiger partial charge in [-0.05, 0) is 36.8 Å². The highest BCUT2D eigenvalue weighted by molar-refractivity contribution is 5.84. The van der Waals surface area contributed by atoms with Gasteiger partial charge in [0, 0.05) is 16.9 Å². The van der Waals surface area contributed by atoms with Crippen molar-refractivity contribution in [3.05, 3.63) is 53.5 Å². The minimum atomic E-state index is -1.24. The minimum absolute atomic E-state index is 0.253. The van der Waals surface area contributed by atoms with Crippen molar-refractivity contribution in [1.82, 2.24) is 0 Å². The average molecular weight is 248 g/mol. The lowest BCUT2D eigenvalue weighted by atomic mass is 10.0. The van der Waals surface area contributed by atoms with Crippen LogP contribution >= 0.6 is 0 Å². The predicted molar refractivity (Wildman–Crippen MR) is 60.9 cm³/mol. The molecule has 0 unspecified atom stereocenters. The molecule has 0 radical (unpaired) electrons. The topological polar surface area (TPSA) is 61.4 Å². The van der Waals surface area contributed by atoms with E-state index >= 15 is 0 Å². The quantitative estimate of drug-likeness (QED) is 0.631. The van der Waals surface area contributed by atoms with E-state index in [0.29, 0.717) is 21.6 Å². The summed E-state index contributed by atoms with van der Waals surface area (Å²) < 4.78 is 13.6. The zero-order chi connectivity index (χ0) is 13.3. The summed E-state index contributed by atoms with van der Waals surface area (Å²) in [6, 6.07) is 8.45. The van der Waals surface area contributed by atoms with Crippen molar-refractivity contribution < 1.29 is 24.2 Å². The summed E-state index contributed by atoms with van der Waals surface area (Å²) in [6.07, 6.45) is 0. The summed E-state index contributed by atoms with van der Waals surface area (Å²) >= 11 is 0. The lowest BCUT2D eigenvalue weighted by Gasteiger charge is -2.03. The van der Waals surface area contributed by atoms with Crippen LogP contribution in [0.15, 0.2) is 36.4 Å². The summed E-state index contributed by atoms with van der Waals surface area (Å²) in [5.41, 5.74) is 1.23. The number of aryl methyl sites for hydroxylation is 1. The molecule has 0 fully saturated rings. The molecule has 0 bridgehead atoms. The number of aromatic nitrogens is 1. The third kappa shape index (κ3) is 2.02. The van der Waals surface area contributed by atoms with Gasteiger partial charge in [0.25, 0.3) is 5.69 Å². The molecule has 0 saturated carbocycles. The number of carboxylic acid groups (broad SMARTS) is 1. The number of halogens is 1. The van der Waals surface area contributed by atoms with E-state index in [9.17, 15) is 14.4 Å². The predicted octanol–water partition coefficient (Wildman–Crippen LogP) is 2.02. The molecule has 2 aromatic rings. The Balaban J connectivity index is 2.64. The van der Waals surface area contributed by atoms with Gasteiger partial charge >= 0.3 is 11.7 Å². The third-order valence-electron chi connectivity index (χ3n) is 2.65. The molecule has 0 atom stereocenters. The van der Waals surface area contributed by atoms with Gasteiger partial charge in [-0.15, -0.1) is 0 Å². The van der Waals surface area contributed by atoms with Crippen molar-refractivity contribution in [1.29, 1.82) is 0 Å². The fourth-order valence-corrected chi connectivity index (χ4v) is 1.78. The molecule has 0 saturated heterocycles. The van der Waals surface area contributed by atoms with Crippen molar-refractivity contribution in [2.75, 3.05) is 0 Å². The van der Waals surface area contributed by atoms with E-state index in [0.717, 1.165) is 0 Å². The van der Waals surface area contributed by atoms with Gasteiger partial charge in [0.05, 0.1) is 5.56 Å². The fraction of sp³-hybridized carbons (Fsp3) is 0.0769. The van der Waals surface area contributed by atoms with Crippen LogP contribution in [-0.2, 0) is 0 Å². The summed E-state index contributed by atoms with van der Waals surface area (Å²) in [5, 5.41) is 18.8. The number of aromatic carboxylic acids is 1. The molecule has 1 aromatic heterocycles. The van der Waals surface area contributed by atoms with E-state index in [1.807, 2.05) is 0 Å². The van der Waals surface area contributed by atoms with Gasteiger partial charge in [-0.1, -0.05) is 0 Å². The SMILES string of the molecule is Cc1cc(F)ccc1-c1cccc(C(=O)O)[n+]1O. The molecule has 5 heteroatoms. The standard InChI is InChI=1S/C13H10FNO3/c1-8-7-9(14)5-6-10(8)11-3-2-4-12(13(16)17)15(11)18/h2-7H,1H3,(H-,16,17,18)/p+1. The molecule has 0 spiro atoms. The van der Waals surface area contributed by atoms with Crippen molar-refractivity contribution in [3.8, 4) is 11.3 Å². The molecule has 1 heterocycles. The number of nitrogens with zero attached hydrogens (tertiary/aromatic N) is 1. The van der Waals surface area contributed by atoms with Gasteiger partial charge in [-0.3, -0.25) is 5.21 Å². The first kappa shape index (κ1) is 12.0. The van der Waals surface area contributed by atoms with Crippen LogP contribution in [0.4, 0.5) is 4.39 Å². The molecule has 0 aliphatic carbocycles. The Kier molecular flexibility index (Phi) is 2.97. The molecule has 2 rings (SSSR count). The average Bonchev–Trinajstić information content (AvgIpc) is 2.30. The van der Waals surface area contributed by atoms with Crippen LogP contribution in [0.25, 0.3) is 11.3 Å². The van der Waals surface area contributed by atoms with E-state index in [1.165, 1.54) is 30.3 Å². The number of benzene rings is 1. The minimum Gasteiger partial charge on any atom is -0.473 e. The molecule has 92 valence electrons. The monoisotopic (exact) mass is 248 g/mol. The van der Waals surface area contributed by atoms with Gasteiger partial charge in [-0.25, -0.2) is 9.18 Å². The Morgan fingerprint density at radius 2 is 2.00 bits per heavy atom. The van der Waals surface area contributed by atoms with Gasteiger partial charge < -0.3 is 5.11 Å². The second-order valence-corrected chi connectivity index (χ2v) is 3.87. The van der Waals surface area contributed by atoms with E-state index in [1.54, 1.807) is 13.0 Å². The molecule has 4 nitrogen and oxygen atoms in total. The van der Waals surface area contributed by atoms with Crippen LogP contribution < -0.4 is 4.73 Å². The molecule has 0 aliphatic heterocycles. The molecule has 0 aliphatic rings. The highest BCUT2D eigenvalue weighted by atomic mass is 19.1. The number of carboxylic acids is 1. The number of hydrogen-bond acceptors (Lipinski definition) is 2. The normalized spacial score (nSPS) is 10.3. The van der Waals surface area contributed by atoms with Crippen LogP contribution in [0.2, 0.25) is 0 Å². The summed E-state index contributed by atoms with van der Waals surface area (Å²) in [7, 11) is 0. The number of carbonyl (C=O) groups is 1. The highest BCUT2D eigenvalue weighted by Gasteiger charge is 2.24. The van der Waals surface area contributed by atoms with E-state index in [-0.39, 0.29) is 11.5 Å².